The summed E-state index contributed by atoms with van der Waals surface area (Å²) in [5.41, 5.74) is 0. The van der Waals surface area contributed by atoms with E-state index in [1.165, 1.54) is 11.0 Å². The van der Waals surface area contributed by atoms with E-state index in [-0.39, 0.29) is 17.9 Å². The van der Waals surface area contributed by atoms with Crippen LogP contribution in [0.15, 0.2) is 12.2 Å². The lowest BCUT2D eigenvalue weighted by Crippen LogP contribution is -2.40. The van der Waals surface area contributed by atoms with Gasteiger partial charge in [0, 0.05) is 0 Å². The van der Waals surface area contributed by atoms with Crippen LogP contribution in [-0.4, -0.2) is 29.5 Å². The van der Waals surface area contributed by atoms with Gasteiger partial charge in [-0.2, -0.15) is 0 Å². The molecule has 4 heteroatoms. The second-order valence-electron chi connectivity index (χ2n) is 3.91. The van der Waals surface area contributed by atoms with Crippen molar-refractivity contribution in [3.8, 4) is 0 Å². The Hall–Kier alpha value is -1.32. The molecule has 4 nitrogen and oxygen atoms in total. The van der Waals surface area contributed by atoms with Gasteiger partial charge in [0.05, 0.1) is 6.04 Å². The number of carbonyl (C=O) groups excluding carboxylic acids is 2. The zero-order valence-corrected chi connectivity index (χ0v) is 9.40. The molecule has 0 saturated carbocycles. The van der Waals surface area contributed by atoms with E-state index in [2.05, 4.69) is 0 Å². The highest BCUT2D eigenvalue weighted by Crippen LogP contribution is 2.19. The molecular formula is C11H17NO3. The van der Waals surface area contributed by atoms with Crippen molar-refractivity contribution < 1.29 is 14.3 Å². The Kier molecular flexibility index (Phi) is 3.88. The van der Waals surface area contributed by atoms with Crippen LogP contribution in [-0.2, 0) is 9.53 Å². The number of imide groups is 1. The van der Waals surface area contributed by atoms with E-state index in [1.54, 1.807) is 6.08 Å². The van der Waals surface area contributed by atoms with Crippen LogP contribution >= 0.6 is 0 Å². The van der Waals surface area contributed by atoms with Crippen LogP contribution in [0.2, 0.25) is 0 Å². The van der Waals surface area contributed by atoms with Gasteiger partial charge in [0.15, 0.2) is 0 Å². The van der Waals surface area contributed by atoms with Crippen LogP contribution in [0.1, 0.15) is 27.2 Å². The summed E-state index contributed by atoms with van der Waals surface area (Å²) >= 11 is 0. The van der Waals surface area contributed by atoms with E-state index in [4.69, 9.17) is 4.74 Å². The van der Waals surface area contributed by atoms with Crippen molar-refractivity contribution in [3.05, 3.63) is 12.2 Å². The maximum atomic E-state index is 11.7. The van der Waals surface area contributed by atoms with Crippen molar-refractivity contribution in [2.24, 2.45) is 5.92 Å². The van der Waals surface area contributed by atoms with Crippen LogP contribution in [0.4, 0.5) is 4.79 Å². The van der Waals surface area contributed by atoms with Crippen LogP contribution in [0.25, 0.3) is 0 Å². The van der Waals surface area contributed by atoms with Crippen molar-refractivity contribution in [3.63, 3.8) is 0 Å². The number of nitrogens with zero attached hydrogens (tertiary/aromatic N) is 1. The molecule has 0 aromatic heterocycles. The second-order valence-corrected chi connectivity index (χ2v) is 3.91. The summed E-state index contributed by atoms with van der Waals surface area (Å²) in [5, 5.41) is 0. The third-order valence-corrected chi connectivity index (χ3v) is 2.41. The third kappa shape index (κ3) is 2.58. The Balaban J connectivity index is 2.76. The monoisotopic (exact) mass is 211 g/mol. The molecule has 1 aliphatic heterocycles. The van der Waals surface area contributed by atoms with Gasteiger partial charge in [0.1, 0.15) is 6.61 Å². The number of cyclic esters (lactones) is 1. The standard InChI is InChI=1S/C11H17NO3/c1-4-5-6-10(13)12-9(8(2)3)7-15-11(12)14/h5-6,8-9H,4,7H2,1-3H3/b6-5+/t9-/m1/s1. The first-order chi connectivity index (χ1) is 7.07. The van der Waals surface area contributed by atoms with Gasteiger partial charge in [-0.1, -0.05) is 26.8 Å². The average molecular weight is 211 g/mol. The van der Waals surface area contributed by atoms with Crippen molar-refractivity contribution in [1.82, 2.24) is 4.90 Å². The van der Waals surface area contributed by atoms with Gasteiger partial charge < -0.3 is 4.74 Å². The van der Waals surface area contributed by atoms with Gasteiger partial charge >= 0.3 is 6.09 Å². The van der Waals surface area contributed by atoms with Crippen molar-refractivity contribution in [2.75, 3.05) is 6.61 Å². The van der Waals surface area contributed by atoms with Crippen LogP contribution in [0, 0.1) is 5.92 Å². The Morgan fingerprint density at radius 1 is 1.67 bits per heavy atom. The highest BCUT2D eigenvalue weighted by atomic mass is 16.6. The Morgan fingerprint density at radius 2 is 2.33 bits per heavy atom. The molecule has 1 rings (SSSR count). The molecular weight excluding hydrogens is 194 g/mol. The molecule has 1 saturated heterocycles. The molecule has 2 amide bonds. The summed E-state index contributed by atoms with van der Waals surface area (Å²) < 4.78 is 4.87. The zero-order chi connectivity index (χ0) is 11.4. The first kappa shape index (κ1) is 11.8. The topological polar surface area (TPSA) is 46.6 Å². The van der Waals surface area contributed by atoms with E-state index in [0.717, 1.165) is 6.42 Å². The minimum Gasteiger partial charge on any atom is -0.447 e. The lowest BCUT2D eigenvalue weighted by Gasteiger charge is -2.20. The average Bonchev–Trinajstić information content (AvgIpc) is 2.56. The maximum Gasteiger partial charge on any atom is 0.417 e. The predicted octanol–water partition coefficient (Wildman–Crippen LogP) is 1.96. The van der Waals surface area contributed by atoms with Crippen molar-refractivity contribution >= 4 is 12.0 Å². The number of hydrogen-bond donors (Lipinski definition) is 0. The van der Waals surface area contributed by atoms with E-state index in [0.29, 0.717) is 6.61 Å². The maximum absolute atomic E-state index is 11.7. The fraction of sp³-hybridized carbons (Fsp3) is 0.636. The Bertz CT molecular complexity index is 284. The molecule has 0 aromatic rings. The summed E-state index contributed by atoms with van der Waals surface area (Å²) in [7, 11) is 0. The molecule has 1 aliphatic rings. The largest absolute Gasteiger partial charge is 0.447 e. The summed E-state index contributed by atoms with van der Waals surface area (Å²) in [6, 6.07) is -0.133. The molecule has 84 valence electrons. The number of allylic oxidation sites excluding steroid dienone is 1. The smallest absolute Gasteiger partial charge is 0.417 e. The molecule has 1 atom stereocenters. The van der Waals surface area contributed by atoms with Gasteiger partial charge in [-0.3, -0.25) is 4.79 Å². The van der Waals surface area contributed by atoms with Crippen molar-refractivity contribution in [2.45, 2.75) is 33.2 Å². The highest BCUT2D eigenvalue weighted by molar-refractivity contribution is 5.99. The minimum atomic E-state index is -0.528. The lowest BCUT2D eigenvalue weighted by molar-refractivity contribution is -0.124. The van der Waals surface area contributed by atoms with Gasteiger partial charge in [-0.25, -0.2) is 9.69 Å². The van der Waals surface area contributed by atoms with Gasteiger partial charge in [-0.05, 0) is 18.4 Å². The fourth-order valence-corrected chi connectivity index (χ4v) is 1.48. The van der Waals surface area contributed by atoms with E-state index >= 15 is 0 Å². The molecule has 0 radical (unpaired) electrons. The number of hydrogen-bond acceptors (Lipinski definition) is 3. The summed E-state index contributed by atoms with van der Waals surface area (Å²) in [6.07, 6.45) is 3.42. The molecule has 1 heterocycles. The van der Waals surface area contributed by atoms with Crippen molar-refractivity contribution in [1.29, 1.82) is 0 Å². The molecule has 1 fully saturated rings. The number of rotatable bonds is 3. The normalized spacial score (nSPS) is 21.5. The number of carbonyl (C=O) groups is 2. The quantitative estimate of drug-likeness (QED) is 0.670. The van der Waals surface area contributed by atoms with Gasteiger partial charge in [0.2, 0.25) is 0 Å². The minimum absolute atomic E-state index is 0.133. The Morgan fingerprint density at radius 3 is 2.87 bits per heavy atom. The molecule has 0 bridgehead atoms. The first-order valence-electron chi connectivity index (χ1n) is 5.24. The third-order valence-electron chi connectivity index (χ3n) is 2.41. The van der Waals surface area contributed by atoms with E-state index < -0.39 is 6.09 Å². The zero-order valence-electron chi connectivity index (χ0n) is 9.40. The summed E-state index contributed by atoms with van der Waals surface area (Å²) in [4.78, 5) is 24.2. The molecule has 0 aliphatic carbocycles. The SMILES string of the molecule is CC/C=C/C(=O)N1C(=O)OC[C@@H]1C(C)C. The molecule has 0 aromatic carbocycles. The molecule has 15 heavy (non-hydrogen) atoms. The Labute approximate surface area is 89.9 Å². The van der Waals surface area contributed by atoms with Crippen LogP contribution in [0.5, 0.6) is 0 Å². The molecule has 0 spiro atoms. The number of amides is 2. The predicted molar refractivity (Wildman–Crippen MR) is 56.3 cm³/mol. The van der Waals surface area contributed by atoms with Crippen LogP contribution < -0.4 is 0 Å². The molecule has 0 N–H and O–H groups in total. The summed E-state index contributed by atoms with van der Waals surface area (Å²) in [5.74, 6) is -0.0616. The van der Waals surface area contributed by atoms with E-state index in [1.807, 2.05) is 20.8 Å². The molecule has 0 unspecified atom stereocenters. The fourth-order valence-electron chi connectivity index (χ4n) is 1.48. The van der Waals surface area contributed by atoms with Crippen LogP contribution in [0.3, 0.4) is 0 Å². The first-order valence-corrected chi connectivity index (χ1v) is 5.24. The summed E-state index contributed by atoms with van der Waals surface area (Å²) in [6.45, 7) is 6.18. The van der Waals surface area contributed by atoms with Gasteiger partial charge in [0.25, 0.3) is 5.91 Å². The van der Waals surface area contributed by atoms with E-state index in [9.17, 15) is 9.59 Å². The lowest BCUT2D eigenvalue weighted by atomic mass is 10.0. The number of ether oxygens (including phenoxy) is 1. The second kappa shape index (κ2) is 4.96. The highest BCUT2D eigenvalue weighted by Gasteiger charge is 2.38. The van der Waals surface area contributed by atoms with Gasteiger partial charge in [-0.15, -0.1) is 0 Å².